The number of likely N-dealkylation sites (tertiary alicyclic amines) is 1. The van der Waals surface area contributed by atoms with E-state index in [1.807, 2.05) is 18.3 Å². The number of pyridine rings is 1. The highest BCUT2D eigenvalue weighted by molar-refractivity contribution is 14.0. The smallest absolute Gasteiger partial charge is 0.191 e. The summed E-state index contributed by atoms with van der Waals surface area (Å²) in [5, 5.41) is 0. The molecule has 120 valence electrons. The maximum atomic E-state index is 6.11. The van der Waals surface area contributed by atoms with Gasteiger partial charge in [0.05, 0.1) is 12.2 Å². The van der Waals surface area contributed by atoms with Gasteiger partial charge in [-0.2, -0.15) is 0 Å². The molecule has 3 rings (SSSR count). The number of rotatable bonds is 2. The van der Waals surface area contributed by atoms with Crippen molar-refractivity contribution in [1.29, 1.82) is 0 Å². The SMILES string of the molecule is Cc1cccc2nc(CN=C(N)N3CCC(C)CC3)cn12.I. The number of imidazole rings is 1. The summed E-state index contributed by atoms with van der Waals surface area (Å²) >= 11 is 0. The molecule has 0 radical (unpaired) electrons. The lowest BCUT2D eigenvalue weighted by molar-refractivity contribution is 0.277. The third kappa shape index (κ3) is 3.71. The molecule has 0 unspecified atom stereocenters. The van der Waals surface area contributed by atoms with Crippen molar-refractivity contribution in [2.24, 2.45) is 16.6 Å². The molecule has 1 fully saturated rings. The van der Waals surface area contributed by atoms with Gasteiger partial charge in [-0.1, -0.05) is 13.0 Å². The normalized spacial score (nSPS) is 16.8. The van der Waals surface area contributed by atoms with Gasteiger partial charge in [0, 0.05) is 25.0 Å². The van der Waals surface area contributed by atoms with E-state index in [0.29, 0.717) is 12.5 Å². The Balaban J connectivity index is 0.00000176. The molecular formula is C16H24IN5. The molecule has 0 aromatic carbocycles. The van der Waals surface area contributed by atoms with Crippen LogP contribution in [0.25, 0.3) is 5.65 Å². The standard InChI is InChI=1S/C16H23N5.HI/c1-12-6-8-20(9-7-12)16(17)18-10-14-11-21-13(2)4-3-5-15(21)19-14;/h3-5,11-12H,6-10H2,1-2H3,(H2,17,18);1H. The lowest BCUT2D eigenvalue weighted by atomic mass is 10.00. The minimum atomic E-state index is 0. The minimum Gasteiger partial charge on any atom is -0.370 e. The number of hydrogen-bond donors (Lipinski definition) is 1. The van der Waals surface area contributed by atoms with Crippen molar-refractivity contribution in [3.05, 3.63) is 35.8 Å². The Morgan fingerprint density at radius 1 is 1.36 bits per heavy atom. The molecule has 2 aromatic rings. The van der Waals surface area contributed by atoms with Crippen molar-refractivity contribution in [3.8, 4) is 0 Å². The zero-order chi connectivity index (χ0) is 14.8. The molecule has 2 N–H and O–H groups in total. The van der Waals surface area contributed by atoms with Gasteiger partial charge in [-0.3, -0.25) is 0 Å². The van der Waals surface area contributed by atoms with Crippen molar-refractivity contribution < 1.29 is 0 Å². The molecular weight excluding hydrogens is 389 g/mol. The summed E-state index contributed by atoms with van der Waals surface area (Å²) in [6, 6.07) is 6.11. The summed E-state index contributed by atoms with van der Waals surface area (Å²) in [4.78, 5) is 11.3. The maximum absolute atomic E-state index is 6.11. The Morgan fingerprint density at radius 3 is 2.77 bits per heavy atom. The van der Waals surface area contributed by atoms with Gasteiger partial charge < -0.3 is 15.0 Å². The number of hydrogen-bond acceptors (Lipinski definition) is 2. The van der Waals surface area contributed by atoms with Crippen LogP contribution in [0.3, 0.4) is 0 Å². The van der Waals surface area contributed by atoms with E-state index >= 15 is 0 Å². The fourth-order valence-electron chi connectivity index (χ4n) is 2.77. The fourth-order valence-corrected chi connectivity index (χ4v) is 2.77. The third-order valence-corrected chi connectivity index (χ3v) is 4.26. The van der Waals surface area contributed by atoms with E-state index in [0.717, 1.165) is 30.3 Å². The number of nitrogens with zero attached hydrogens (tertiary/aromatic N) is 4. The Hall–Kier alpha value is -1.31. The molecule has 1 aliphatic rings. The van der Waals surface area contributed by atoms with E-state index in [9.17, 15) is 0 Å². The topological polar surface area (TPSA) is 58.9 Å². The molecule has 0 spiro atoms. The molecule has 22 heavy (non-hydrogen) atoms. The van der Waals surface area contributed by atoms with Crippen LogP contribution in [0, 0.1) is 12.8 Å². The van der Waals surface area contributed by atoms with Gasteiger partial charge in [0.15, 0.2) is 5.96 Å². The second-order valence-electron chi connectivity index (χ2n) is 5.97. The fraction of sp³-hybridized carbons (Fsp3) is 0.500. The van der Waals surface area contributed by atoms with Crippen LogP contribution in [0.5, 0.6) is 0 Å². The summed E-state index contributed by atoms with van der Waals surface area (Å²) in [6.07, 6.45) is 4.44. The van der Waals surface area contributed by atoms with Crippen LogP contribution < -0.4 is 5.73 Å². The molecule has 6 heteroatoms. The number of aryl methyl sites for hydroxylation is 1. The number of halogens is 1. The molecule has 2 aromatic heterocycles. The zero-order valence-corrected chi connectivity index (χ0v) is 15.5. The molecule has 0 atom stereocenters. The van der Waals surface area contributed by atoms with E-state index in [-0.39, 0.29) is 24.0 Å². The van der Waals surface area contributed by atoms with Crippen LogP contribution in [-0.2, 0) is 6.54 Å². The van der Waals surface area contributed by atoms with E-state index in [4.69, 9.17) is 5.73 Å². The molecule has 0 bridgehead atoms. The molecule has 0 saturated carbocycles. The lowest BCUT2D eigenvalue weighted by Crippen LogP contribution is -2.42. The van der Waals surface area contributed by atoms with E-state index in [2.05, 4.69) is 39.2 Å². The summed E-state index contributed by atoms with van der Waals surface area (Å²) in [6.45, 7) is 6.94. The second kappa shape index (κ2) is 7.30. The van der Waals surface area contributed by atoms with Gasteiger partial charge in [0.25, 0.3) is 0 Å². The molecule has 0 aliphatic carbocycles. The van der Waals surface area contributed by atoms with Crippen molar-refractivity contribution in [2.75, 3.05) is 13.1 Å². The van der Waals surface area contributed by atoms with Crippen LogP contribution >= 0.6 is 24.0 Å². The van der Waals surface area contributed by atoms with Crippen molar-refractivity contribution in [1.82, 2.24) is 14.3 Å². The van der Waals surface area contributed by atoms with Gasteiger partial charge in [-0.15, -0.1) is 24.0 Å². The second-order valence-corrected chi connectivity index (χ2v) is 5.97. The highest BCUT2D eigenvalue weighted by Gasteiger charge is 2.16. The lowest BCUT2D eigenvalue weighted by Gasteiger charge is -2.30. The van der Waals surface area contributed by atoms with Crippen molar-refractivity contribution in [3.63, 3.8) is 0 Å². The Labute approximate surface area is 148 Å². The largest absolute Gasteiger partial charge is 0.370 e. The van der Waals surface area contributed by atoms with Gasteiger partial charge in [-0.25, -0.2) is 9.98 Å². The number of fused-ring (bicyclic) bond motifs is 1. The van der Waals surface area contributed by atoms with Crippen molar-refractivity contribution in [2.45, 2.75) is 33.2 Å². The summed E-state index contributed by atoms with van der Waals surface area (Å²) in [7, 11) is 0. The minimum absolute atomic E-state index is 0. The van der Waals surface area contributed by atoms with Crippen LogP contribution in [0.15, 0.2) is 29.4 Å². The number of guanidine groups is 1. The van der Waals surface area contributed by atoms with Crippen LogP contribution in [0.2, 0.25) is 0 Å². The van der Waals surface area contributed by atoms with Crippen molar-refractivity contribution >= 4 is 35.6 Å². The average molecular weight is 413 g/mol. The summed E-state index contributed by atoms with van der Waals surface area (Å²) in [5.74, 6) is 1.45. The Kier molecular flexibility index (Phi) is 5.66. The van der Waals surface area contributed by atoms with Gasteiger partial charge in [0.1, 0.15) is 5.65 Å². The van der Waals surface area contributed by atoms with Gasteiger partial charge in [-0.05, 0) is 37.8 Å². The predicted octanol–water partition coefficient (Wildman–Crippen LogP) is 2.81. The molecule has 1 saturated heterocycles. The maximum Gasteiger partial charge on any atom is 0.191 e. The first-order valence-electron chi connectivity index (χ1n) is 7.62. The first-order chi connectivity index (χ1) is 10.1. The number of piperidine rings is 1. The first-order valence-corrected chi connectivity index (χ1v) is 7.62. The summed E-state index contributed by atoms with van der Waals surface area (Å²) < 4.78 is 2.09. The first kappa shape index (κ1) is 17.1. The number of aliphatic imine (C=N–C) groups is 1. The zero-order valence-electron chi connectivity index (χ0n) is 13.2. The quantitative estimate of drug-likeness (QED) is 0.468. The highest BCUT2D eigenvalue weighted by Crippen LogP contribution is 2.16. The van der Waals surface area contributed by atoms with E-state index in [1.165, 1.54) is 18.5 Å². The molecule has 0 amide bonds. The van der Waals surface area contributed by atoms with E-state index in [1.54, 1.807) is 0 Å². The van der Waals surface area contributed by atoms with E-state index < -0.39 is 0 Å². The highest BCUT2D eigenvalue weighted by atomic mass is 127. The monoisotopic (exact) mass is 413 g/mol. The predicted molar refractivity (Wildman–Crippen MR) is 101 cm³/mol. The number of aromatic nitrogens is 2. The Bertz CT molecular complexity index is 656. The summed E-state index contributed by atoms with van der Waals surface area (Å²) in [5.41, 5.74) is 9.20. The van der Waals surface area contributed by atoms with Crippen LogP contribution in [-0.4, -0.2) is 33.3 Å². The average Bonchev–Trinajstić information content (AvgIpc) is 2.90. The molecule has 1 aliphatic heterocycles. The molecule has 3 heterocycles. The van der Waals surface area contributed by atoms with Gasteiger partial charge in [0.2, 0.25) is 0 Å². The van der Waals surface area contributed by atoms with Crippen LogP contribution in [0.4, 0.5) is 0 Å². The van der Waals surface area contributed by atoms with Crippen LogP contribution in [0.1, 0.15) is 31.2 Å². The molecule has 5 nitrogen and oxygen atoms in total. The Morgan fingerprint density at radius 2 is 2.09 bits per heavy atom. The third-order valence-electron chi connectivity index (χ3n) is 4.26. The van der Waals surface area contributed by atoms with Gasteiger partial charge >= 0.3 is 0 Å². The number of nitrogens with two attached hydrogens (primary N) is 1.